The third kappa shape index (κ3) is 4.44. The molecule has 3 N–H and O–H groups in total. The first kappa shape index (κ1) is 20.1. The largest absolute Gasteiger partial charge is 0.325 e. The predicted molar refractivity (Wildman–Crippen MR) is 111 cm³/mol. The van der Waals surface area contributed by atoms with E-state index in [9.17, 15) is 14.4 Å². The van der Waals surface area contributed by atoms with E-state index in [2.05, 4.69) is 27.5 Å². The van der Waals surface area contributed by atoms with E-state index in [4.69, 9.17) is 0 Å². The summed E-state index contributed by atoms with van der Waals surface area (Å²) in [6, 6.07) is 7.50. The molecule has 2 aromatic rings. The fraction of sp³-hybridized carbons (Fsp3) is 0.400. The molecule has 0 saturated carbocycles. The van der Waals surface area contributed by atoms with Crippen molar-refractivity contribution in [3.05, 3.63) is 45.7 Å². The molecule has 0 bridgehead atoms. The number of aryl methyl sites for hydroxylation is 1. The summed E-state index contributed by atoms with van der Waals surface area (Å²) < 4.78 is 0. The normalized spacial score (nSPS) is 15.6. The third-order valence-electron chi connectivity index (χ3n) is 4.64. The zero-order valence-corrected chi connectivity index (χ0v) is 16.8. The van der Waals surface area contributed by atoms with Crippen molar-refractivity contribution in [3.8, 4) is 0 Å². The summed E-state index contributed by atoms with van der Waals surface area (Å²) in [5.41, 5.74) is 1.52. The van der Waals surface area contributed by atoms with Crippen molar-refractivity contribution in [3.63, 3.8) is 0 Å². The number of fused-ring (bicyclic) bond motifs is 1. The van der Waals surface area contributed by atoms with Gasteiger partial charge in [-0.1, -0.05) is 50.2 Å². The van der Waals surface area contributed by atoms with Crippen molar-refractivity contribution in [1.82, 2.24) is 9.97 Å². The molecule has 2 heterocycles. The zero-order valence-electron chi connectivity index (χ0n) is 16.0. The van der Waals surface area contributed by atoms with Gasteiger partial charge in [0, 0.05) is 17.9 Å². The fourth-order valence-corrected chi connectivity index (χ4v) is 4.07. The van der Waals surface area contributed by atoms with E-state index in [1.54, 1.807) is 0 Å². The van der Waals surface area contributed by atoms with E-state index < -0.39 is 5.92 Å². The standard InChI is InChI=1S/C20H24N4O3S/c1-3-5-10-28-20-23-17-16(19(27)24-20)13(11-15(25)22-17)18(26)21-14-9-7-6-8-12(14)4-2/h6-9,13H,3-5,10-11H2,1-2H3,(H,21,26)(H2,22,23,24,25,27). The molecule has 8 heteroatoms. The van der Waals surface area contributed by atoms with Crippen LogP contribution in [0.1, 0.15) is 50.2 Å². The maximum atomic E-state index is 12.9. The van der Waals surface area contributed by atoms with Crippen molar-refractivity contribution in [1.29, 1.82) is 0 Å². The first-order valence-electron chi connectivity index (χ1n) is 9.49. The number of carbonyl (C=O) groups excluding carboxylic acids is 2. The average molecular weight is 401 g/mol. The highest BCUT2D eigenvalue weighted by atomic mass is 32.2. The van der Waals surface area contributed by atoms with E-state index in [1.807, 2.05) is 31.2 Å². The van der Waals surface area contributed by atoms with Crippen LogP contribution in [0, 0.1) is 0 Å². The molecule has 2 amide bonds. The monoisotopic (exact) mass is 400 g/mol. The van der Waals surface area contributed by atoms with Gasteiger partial charge >= 0.3 is 0 Å². The highest BCUT2D eigenvalue weighted by molar-refractivity contribution is 7.99. The van der Waals surface area contributed by atoms with E-state index in [-0.39, 0.29) is 35.2 Å². The molecular weight excluding hydrogens is 376 g/mol. The van der Waals surface area contributed by atoms with Gasteiger partial charge in [-0.3, -0.25) is 14.4 Å². The van der Waals surface area contributed by atoms with Crippen LogP contribution in [-0.2, 0) is 16.0 Å². The van der Waals surface area contributed by atoms with Crippen LogP contribution in [0.2, 0.25) is 0 Å². The molecule has 1 aromatic heterocycles. The molecule has 3 rings (SSSR count). The van der Waals surface area contributed by atoms with Gasteiger partial charge in [-0.25, -0.2) is 4.98 Å². The van der Waals surface area contributed by atoms with Gasteiger partial charge < -0.3 is 15.6 Å². The summed E-state index contributed by atoms with van der Waals surface area (Å²) in [5.74, 6) is -0.568. The van der Waals surface area contributed by atoms with E-state index in [1.165, 1.54) is 11.8 Å². The summed E-state index contributed by atoms with van der Waals surface area (Å²) in [7, 11) is 0. The van der Waals surface area contributed by atoms with Crippen LogP contribution in [0.15, 0.2) is 34.2 Å². The number of anilines is 2. The second kappa shape index (κ2) is 9.05. The van der Waals surface area contributed by atoms with Crippen LogP contribution in [0.25, 0.3) is 0 Å². The summed E-state index contributed by atoms with van der Waals surface area (Å²) in [5, 5.41) is 5.96. The molecule has 0 aliphatic carbocycles. The van der Waals surface area contributed by atoms with Gasteiger partial charge in [-0.05, 0) is 24.5 Å². The third-order valence-corrected chi connectivity index (χ3v) is 5.60. The lowest BCUT2D eigenvalue weighted by Crippen LogP contribution is -2.36. The smallest absolute Gasteiger partial charge is 0.257 e. The van der Waals surface area contributed by atoms with E-state index >= 15 is 0 Å². The second-order valence-electron chi connectivity index (χ2n) is 6.64. The Labute approximate surface area is 167 Å². The lowest BCUT2D eigenvalue weighted by atomic mass is 9.92. The molecule has 1 unspecified atom stereocenters. The van der Waals surface area contributed by atoms with Gasteiger partial charge in [0.05, 0.1) is 11.5 Å². The number of hydrogen-bond donors (Lipinski definition) is 3. The lowest BCUT2D eigenvalue weighted by Gasteiger charge is -2.24. The Morgan fingerprint density at radius 2 is 2.07 bits per heavy atom. The molecule has 0 fully saturated rings. The molecule has 7 nitrogen and oxygen atoms in total. The SMILES string of the molecule is CCCCSc1nc2c(c(=O)[nH]1)C(C(=O)Nc1ccccc1CC)CC(=O)N2. The number of aromatic amines is 1. The summed E-state index contributed by atoms with van der Waals surface area (Å²) in [6.45, 7) is 4.09. The lowest BCUT2D eigenvalue weighted by molar-refractivity contribution is -0.123. The minimum atomic E-state index is -0.875. The molecule has 0 saturated heterocycles. The maximum absolute atomic E-state index is 12.9. The number of rotatable bonds is 7. The molecular formula is C20H24N4O3S. The maximum Gasteiger partial charge on any atom is 0.257 e. The van der Waals surface area contributed by atoms with Gasteiger partial charge in [0.1, 0.15) is 5.82 Å². The predicted octanol–water partition coefficient (Wildman–Crippen LogP) is 3.29. The summed E-state index contributed by atoms with van der Waals surface area (Å²) in [6.07, 6.45) is 2.72. The van der Waals surface area contributed by atoms with Crippen LogP contribution in [0.3, 0.4) is 0 Å². The van der Waals surface area contributed by atoms with Gasteiger partial charge in [0.15, 0.2) is 5.16 Å². The van der Waals surface area contributed by atoms with Crippen molar-refractivity contribution in [2.24, 2.45) is 0 Å². The van der Waals surface area contributed by atoms with Crippen molar-refractivity contribution in [2.45, 2.75) is 50.6 Å². The van der Waals surface area contributed by atoms with Crippen LogP contribution in [0.5, 0.6) is 0 Å². The molecule has 1 aliphatic rings. The van der Waals surface area contributed by atoms with E-state index in [0.717, 1.165) is 30.6 Å². The molecule has 0 radical (unpaired) electrons. The summed E-state index contributed by atoms with van der Waals surface area (Å²) >= 11 is 1.43. The minimum absolute atomic E-state index is 0.0831. The first-order chi connectivity index (χ1) is 13.5. The van der Waals surface area contributed by atoms with Crippen LogP contribution in [-0.4, -0.2) is 27.5 Å². The number of para-hydroxylation sites is 1. The number of benzene rings is 1. The quantitative estimate of drug-likeness (QED) is 0.376. The van der Waals surface area contributed by atoms with E-state index in [0.29, 0.717) is 10.8 Å². The molecule has 1 atom stereocenters. The number of nitrogens with zero attached hydrogens (tertiary/aromatic N) is 1. The number of nitrogens with one attached hydrogen (secondary N) is 3. The van der Waals surface area contributed by atoms with Crippen molar-refractivity contribution in [2.75, 3.05) is 16.4 Å². The fourth-order valence-electron chi connectivity index (χ4n) is 3.13. The first-order valence-corrected chi connectivity index (χ1v) is 10.5. The topological polar surface area (TPSA) is 104 Å². The number of carbonyl (C=O) groups is 2. The highest BCUT2D eigenvalue weighted by Crippen LogP contribution is 2.31. The number of amides is 2. The Bertz CT molecular complexity index is 941. The Hall–Kier alpha value is -2.61. The van der Waals surface area contributed by atoms with Crippen LogP contribution < -0.4 is 16.2 Å². The Morgan fingerprint density at radius 3 is 2.82 bits per heavy atom. The van der Waals surface area contributed by atoms with Gasteiger partial charge in [-0.2, -0.15) is 0 Å². The number of thioether (sulfide) groups is 1. The zero-order chi connectivity index (χ0) is 20.1. The highest BCUT2D eigenvalue weighted by Gasteiger charge is 2.34. The number of H-pyrrole nitrogens is 1. The van der Waals surface area contributed by atoms with Crippen LogP contribution in [0.4, 0.5) is 11.5 Å². The Balaban J connectivity index is 1.88. The molecule has 0 spiro atoms. The van der Waals surface area contributed by atoms with Gasteiger partial charge in [0.2, 0.25) is 11.8 Å². The minimum Gasteiger partial charge on any atom is -0.325 e. The second-order valence-corrected chi connectivity index (χ2v) is 7.72. The van der Waals surface area contributed by atoms with Crippen molar-refractivity contribution >= 4 is 35.1 Å². The Morgan fingerprint density at radius 1 is 1.29 bits per heavy atom. The molecule has 1 aliphatic heterocycles. The van der Waals surface area contributed by atoms with Crippen molar-refractivity contribution < 1.29 is 9.59 Å². The van der Waals surface area contributed by atoms with Gasteiger partial charge in [-0.15, -0.1) is 0 Å². The molecule has 1 aromatic carbocycles. The van der Waals surface area contributed by atoms with Gasteiger partial charge in [0.25, 0.3) is 5.56 Å². The number of aromatic nitrogens is 2. The van der Waals surface area contributed by atoms with Crippen LogP contribution >= 0.6 is 11.8 Å². The average Bonchev–Trinajstić information content (AvgIpc) is 2.67. The number of unbranched alkanes of at least 4 members (excludes halogenated alkanes) is 1. The number of hydrogen-bond acceptors (Lipinski definition) is 5. The molecule has 148 valence electrons. The Kier molecular flexibility index (Phi) is 6.51. The molecule has 28 heavy (non-hydrogen) atoms. The summed E-state index contributed by atoms with van der Waals surface area (Å²) in [4.78, 5) is 44.8.